The van der Waals surface area contributed by atoms with Crippen molar-refractivity contribution in [2.45, 2.75) is 25.7 Å². The first-order valence-corrected chi connectivity index (χ1v) is 4.87. The van der Waals surface area contributed by atoms with Gasteiger partial charge in [-0.3, -0.25) is 0 Å². The number of hydrogen-bond acceptors (Lipinski definition) is 1. The molecule has 0 aliphatic heterocycles. The molecule has 1 radical (unpaired) electrons. The van der Waals surface area contributed by atoms with Crippen LogP contribution in [-0.2, 0) is 0 Å². The van der Waals surface area contributed by atoms with Crippen LogP contribution in [0, 0.1) is 19.3 Å². The van der Waals surface area contributed by atoms with Gasteiger partial charge < -0.3 is 0 Å². The molecule has 0 amide bonds. The molecule has 57 valence electrons. The van der Waals surface area contributed by atoms with E-state index in [9.17, 15) is 0 Å². The molecule has 0 saturated carbocycles. The van der Waals surface area contributed by atoms with E-state index in [0.29, 0.717) is 0 Å². The summed E-state index contributed by atoms with van der Waals surface area (Å²) in [5.41, 5.74) is 0. The van der Waals surface area contributed by atoms with Gasteiger partial charge in [0.15, 0.2) is 0 Å². The minimum Gasteiger partial charge on any atom is -0.162 e. The Kier molecular flexibility index (Phi) is 8.83. The molecule has 0 atom stereocenters. The van der Waals surface area contributed by atoms with E-state index < -0.39 is 0 Å². The van der Waals surface area contributed by atoms with Crippen LogP contribution in [0.2, 0.25) is 0 Å². The molecule has 0 saturated heterocycles. The van der Waals surface area contributed by atoms with Crippen molar-refractivity contribution in [2.24, 2.45) is 0 Å². The molecule has 0 aromatic heterocycles. The highest BCUT2D eigenvalue weighted by Crippen LogP contribution is 2.06. The maximum atomic E-state index is 5.10. The van der Waals surface area contributed by atoms with Crippen molar-refractivity contribution in [1.82, 2.24) is 0 Å². The summed E-state index contributed by atoms with van der Waals surface area (Å²) in [7, 11) is 0. The number of hydrogen-bond donors (Lipinski definition) is 0. The van der Waals surface area contributed by atoms with Gasteiger partial charge in [0.2, 0.25) is 0 Å². The quantitative estimate of drug-likeness (QED) is 0.420. The Morgan fingerprint density at radius 1 is 1.30 bits per heavy atom. The zero-order chi connectivity index (χ0) is 7.66. The molecule has 0 nitrogen and oxygen atoms in total. The van der Waals surface area contributed by atoms with E-state index in [2.05, 4.69) is 12.8 Å². The van der Waals surface area contributed by atoms with Crippen LogP contribution in [0.25, 0.3) is 0 Å². The van der Waals surface area contributed by atoms with Gasteiger partial charge in [-0.2, -0.15) is 11.8 Å². The smallest absolute Gasteiger partial charge is 0.00863 e. The third-order valence-corrected chi connectivity index (χ3v) is 2.30. The maximum absolute atomic E-state index is 5.10. The first kappa shape index (κ1) is 9.91. The molecular weight excluding hydrogens is 140 g/mol. The minimum atomic E-state index is 0.935. The van der Waals surface area contributed by atoms with Gasteiger partial charge in [-0.05, 0) is 30.8 Å². The summed E-state index contributed by atoms with van der Waals surface area (Å²) < 4.78 is 0. The predicted octanol–water partition coefficient (Wildman–Crippen LogP) is 2.75. The van der Waals surface area contributed by atoms with Gasteiger partial charge in [0.05, 0.1) is 0 Å². The van der Waals surface area contributed by atoms with E-state index in [-0.39, 0.29) is 0 Å². The standard InChI is InChI=1S/C9H15S/c1-3-5-6-7-9-10-8-4-2/h1H,2,4-9H2. The Bertz CT molecular complexity index is 91.4. The van der Waals surface area contributed by atoms with E-state index in [1.807, 2.05) is 11.8 Å². The SMILES string of the molecule is C#CCCCCSCC[CH2]. The second-order valence-electron chi connectivity index (χ2n) is 2.13. The highest BCUT2D eigenvalue weighted by atomic mass is 32.2. The normalized spacial score (nSPS) is 9.20. The lowest BCUT2D eigenvalue weighted by Gasteiger charge is -1.96. The second kappa shape index (κ2) is 8.91. The van der Waals surface area contributed by atoms with Crippen LogP contribution in [0.4, 0.5) is 0 Å². The van der Waals surface area contributed by atoms with Crippen LogP contribution in [0.1, 0.15) is 25.7 Å². The van der Waals surface area contributed by atoms with E-state index in [0.717, 1.165) is 12.8 Å². The molecular formula is C9H15S. The average Bonchev–Trinajstić information content (AvgIpc) is 1.97. The predicted molar refractivity (Wildman–Crippen MR) is 50.0 cm³/mol. The van der Waals surface area contributed by atoms with Gasteiger partial charge in [0.25, 0.3) is 0 Å². The lowest BCUT2D eigenvalue weighted by molar-refractivity contribution is 0.837. The lowest BCUT2D eigenvalue weighted by Crippen LogP contribution is -1.81. The fraction of sp³-hybridized carbons (Fsp3) is 0.667. The van der Waals surface area contributed by atoms with Crippen LogP contribution < -0.4 is 0 Å². The number of rotatable bonds is 6. The summed E-state index contributed by atoms with van der Waals surface area (Å²) in [6.45, 7) is 3.77. The molecule has 10 heavy (non-hydrogen) atoms. The molecule has 0 fully saturated rings. The summed E-state index contributed by atoms with van der Waals surface area (Å²) in [5, 5.41) is 0. The molecule has 0 aromatic rings. The topological polar surface area (TPSA) is 0 Å². The molecule has 0 unspecified atom stereocenters. The van der Waals surface area contributed by atoms with Crippen LogP contribution in [0.15, 0.2) is 0 Å². The summed E-state index contributed by atoms with van der Waals surface area (Å²) in [5.74, 6) is 5.07. The fourth-order valence-corrected chi connectivity index (χ4v) is 1.45. The Morgan fingerprint density at radius 3 is 2.70 bits per heavy atom. The maximum Gasteiger partial charge on any atom is 0.00863 e. The first-order valence-electron chi connectivity index (χ1n) is 3.72. The summed E-state index contributed by atoms with van der Waals surface area (Å²) >= 11 is 1.97. The van der Waals surface area contributed by atoms with E-state index in [4.69, 9.17) is 6.42 Å². The molecule has 0 rings (SSSR count). The Balaban J connectivity index is 2.72. The third kappa shape index (κ3) is 7.91. The molecule has 0 spiro atoms. The fourth-order valence-electron chi connectivity index (χ4n) is 0.635. The van der Waals surface area contributed by atoms with Crippen molar-refractivity contribution in [2.75, 3.05) is 11.5 Å². The van der Waals surface area contributed by atoms with Crippen LogP contribution >= 0.6 is 11.8 Å². The van der Waals surface area contributed by atoms with Crippen molar-refractivity contribution in [3.63, 3.8) is 0 Å². The Labute approximate surface area is 68.8 Å². The van der Waals surface area contributed by atoms with Crippen molar-refractivity contribution in [3.05, 3.63) is 6.92 Å². The molecule has 0 aromatic carbocycles. The highest BCUT2D eigenvalue weighted by molar-refractivity contribution is 7.99. The molecule has 1 heteroatoms. The zero-order valence-corrected chi connectivity index (χ0v) is 7.25. The van der Waals surface area contributed by atoms with Crippen molar-refractivity contribution < 1.29 is 0 Å². The van der Waals surface area contributed by atoms with Crippen LogP contribution in [0.3, 0.4) is 0 Å². The van der Waals surface area contributed by atoms with E-state index in [1.54, 1.807) is 0 Å². The monoisotopic (exact) mass is 155 g/mol. The highest BCUT2D eigenvalue weighted by Gasteiger charge is 1.86. The van der Waals surface area contributed by atoms with E-state index in [1.165, 1.54) is 24.3 Å². The number of thioether (sulfide) groups is 1. The van der Waals surface area contributed by atoms with Gasteiger partial charge in [-0.1, -0.05) is 6.92 Å². The minimum absolute atomic E-state index is 0.935. The number of terminal acetylenes is 1. The van der Waals surface area contributed by atoms with Gasteiger partial charge in [0.1, 0.15) is 0 Å². The van der Waals surface area contributed by atoms with Crippen molar-refractivity contribution in [3.8, 4) is 12.3 Å². The van der Waals surface area contributed by atoms with Crippen LogP contribution in [-0.4, -0.2) is 11.5 Å². The summed E-state index contributed by atoms with van der Waals surface area (Å²) in [6, 6.07) is 0. The van der Waals surface area contributed by atoms with Crippen molar-refractivity contribution >= 4 is 11.8 Å². The molecule has 0 heterocycles. The van der Waals surface area contributed by atoms with Gasteiger partial charge in [-0.25, -0.2) is 0 Å². The average molecular weight is 155 g/mol. The van der Waals surface area contributed by atoms with Gasteiger partial charge in [-0.15, -0.1) is 12.3 Å². The molecule has 0 aliphatic carbocycles. The lowest BCUT2D eigenvalue weighted by atomic mass is 10.3. The van der Waals surface area contributed by atoms with Crippen LogP contribution in [0.5, 0.6) is 0 Å². The zero-order valence-electron chi connectivity index (χ0n) is 6.44. The largest absolute Gasteiger partial charge is 0.162 e. The van der Waals surface area contributed by atoms with E-state index >= 15 is 0 Å². The molecule has 0 aliphatic rings. The molecule has 0 bridgehead atoms. The molecule has 0 N–H and O–H groups in total. The van der Waals surface area contributed by atoms with Crippen molar-refractivity contribution in [1.29, 1.82) is 0 Å². The summed E-state index contributed by atoms with van der Waals surface area (Å²) in [4.78, 5) is 0. The number of unbranched alkanes of at least 4 members (excludes halogenated alkanes) is 2. The Hall–Kier alpha value is -0.0900. The first-order chi connectivity index (χ1) is 4.91. The second-order valence-corrected chi connectivity index (χ2v) is 3.35. The third-order valence-electron chi connectivity index (χ3n) is 1.15. The van der Waals surface area contributed by atoms with Gasteiger partial charge >= 0.3 is 0 Å². The Morgan fingerprint density at radius 2 is 2.10 bits per heavy atom. The van der Waals surface area contributed by atoms with Gasteiger partial charge in [0, 0.05) is 6.42 Å². The summed E-state index contributed by atoms with van der Waals surface area (Å²) in [6.07, 6.45) is 9.52.